The molecule has 0 radical (unpaired) electrons. The molecular weight excluding hydrogens is 492 g/mol. The van der Waals surface area contributed by atoms with E-state index in [1.165, 1.54) is 42.5 Å². The van der Waals surface area contributed by atoms with Gasteiger partial charge in [0.05, 0.1) is 21.3 Å². The van der Waals surface area contributed by atoms with E-state index in [1.54, 1.807) is 19.9 Å². The lowest BCUT2D eigenvalue weighted by atomic mass is 9.72. The lowest BCUT2D eigenvalue weighted by molar-refractivity contribution is -0.186. The van der Waals surface area contributed by atoms with Crippen molar-refractivity contribution in [1.82, 2.24) is 5.32 Å². The Morgan fingerprint density at radius 2 is 1.65 bits per heavy atom. The summed E-state index contributed by atoms with van der Waals surface area (Å²) in [6.07, 6.45) is -5.52. The Balaban J connectivity index is 1.96. The zero-order chi connectivity index (χ0) is 25.1. The summed E-state index contributed by atoms with van der Waals surface area (Å²) in [7, 11) is 0. The van der Waals surface area contributed by atoms with Crippen LogP contribution in [0.25, 0.3) is 0 Å². The second-order valence-electron chi connectivity index (χ2n) is 9.07. The van der Waals surface area contributed by atoms with Gasteiger partial charge in [0.1, 0.15) is 0 Å². The average molecular weight is 511 g/mol. The van der Waals surface area contributed by atoms with Gasteiger partial charge < -0.3 is 5.32 Å². The molecule has 2 aromatic rings. The van der Waals surface area contributed by atoms with E-state index in [9.17, 15) is 27.6 Å². The molecule has 2 aliphatic rings. The number of benzene rings is 2. The summed E-state index contributed by atoms with van der Waals surface area (Å²) in [6, 6.07) is 11.1. The quantitative estimate of drug-likeness (QED) is 0.574. The van der Waals surface area contributed by atoms with E-state index >= 15 is 0 Å². The van der Waals surface area contributed by atoms with Crippen molar-refractivity contribution in [3.63, 3.8) is 0 Å². The number of anilines is 1. The smallest absolute Gasteiger partial charge is 0.326 e. The highest BCUT2D eigenvalue weighted by Gasteiger charge is 2.72. The van der Waals surface area contributed by atoms with Gasteiger partial charge in [-0.25, -0.2) is 0 Å². The predicted molar refractivity (Wildman–Crippen MR) is 122 cm³/mol. The van der Waals surface area contributed by atoms with Gasteiger partial charge in [0.2, 0.25) is 5.54 Å². The van der Waals surface area contributed by atoms with Crippen LogP contribution >= 0.6 is 23.2 Å². The van der Waals surface area contributed by atoms with Gasteiger partial charge >= 0.3 is 6.18 Å². The van der Waals surface area contributed by atoms with Crippen LogP contribution in [-0.4, -0.2) is 29.3 Å². The molecule has 0 aromatic heterocycles. The molecule has 1 aliphatic carbocycles. The molecule has 10 heteroatoms. The Kier molecular flexibility index (Phi) is 5.81. The lowest BCUT2D eigenvalue weighted by Gasteiger charge is -2.35. The fourth-order valence-electron chi connectivity index (χ4n) is 4.48. The number of carbonyl (C=O) groups is 3. The standard InChI is InChI=1S/C24H19Cl2F3N2O3/c1-22(2)11-17-19(18(32)12-22)23(24(27,28)29,30-20(33)13-6-4-3-5-7-13)21(34)31(17)14-8-9-15(25)16(26)10-14/h3-10H,11-12H2,1-2H3,(H,30,33)/t23-/m1/s1. The van der Waals surface area contributed by atoms with Crippen molar-refractivity contribution in [3.8, 4) is 0 Å². The van der Waals surface area contributed by atoms with Gasteiger partial charge in [-0.3, -0.25) is 19.3 Å². The number of alkyl halides is 3. The van der Waals surface area contributed by atoms with Gasteiger partial charge in [-0.05, 0) is 42.2 Å². The summed E-state index contributed by atoms with van der Waals surface area (Å²) in [5, 5.41) is 2.05. The summed E-state index contributed by atoms with van der Waals surface area (Å²) >= 11 is 12.0. The number of hydrogen-bond donors (Lipinski definition) is 1. The minimum atomic E-state index is -5.31. The summed E-state index contributed by atoms with van der Waals surface area (Å²) in [4.78, 5) is 40.6. The third-order valence-electron chi connectivity index (χ3n) is 5.94. The molecule has 1 heterocycles. The van der Waals surface area contributed by atoms with E-state index < -0.39 is 40.3 Å². The van der Waals surface area contributed by atoms with Crippen molar-refractivity contribution in [2.24, 2.45) is 5.41 Å². The number of rotatable bonds is 3. The monoisotopic (exact) mass is 510 g/mol. The third kappa shape index (κ3) is 3.79. The molecule has 1 atom stereocenters. The van der Waals surface area contributed by atoms with E-state index in [4.69, 9.17) is 23.2 Å². The van der Waals surface area contributed by atoms with Gasteiger partial charge in [0.15, 0.2) is 5.78 Å². The second-order valence-corrected chi connectivity index (χ2v) is 9.88. The average Bonchev–Trinajstić information content (AvgIpc) is 2.98. The first-order valence-electron chi connectivity index (χ1n) is 10.3. The van der Waals surface area contributed by atoms with Crippen LogP contribution < -0.4 is 10.2 Å². The molecule has 1 aliphatic heterocycles. The molecule has 2 aromatic carbocycles. The van der Waals surface area contributed by atoms with E-state index in [0.29, 0.717) is 0 Å². The number of carbonyl (C=O) groups excluding carboxylic acids is 3. The maximum absolute atomic E-state index is 14.8. The number of nitrogens with zero attached hydrogens (tertiary/aromatic N) is 1. The van der Waals surface area contributed by atoms with Crippen LogP contribution in [0.4, 0.5) is 18.9 Å². The van der Waals surface area contributed by atoms with Gasteiger partial charge in [0.25, 0.3) is 11.8 Å². The van der Waals surface area contributed by atoms with E-state index in [1.807, 2.05) is 5.32 Å². The summed E-state index contributed by atoms with van der Waals surface area (Å²) in [5.74, 6) is -3.49. The van der Waals surface area contributed by atoms with Crippen molar-refractivity contribution >= 4 is 46.5 Å². The zero-order valence-electron chi connectivity index (χ0n) is 18.1. The molecule has 2 amide bonds. The molecule has 4 rings (SSSR count). The number of allylic oxidation sites excluding steroid dienone is 1. The highest BCUT2D eigenvalue weighted by atomic mass is 35.5. The van der Waals surface area contributed by atoms with E-state index in [2.05, 4.69) is 0 Å². The lowest BCUT2D eigenvalue weighted by Crippen LogP contribution is -2.66. The largest absolute Gasteiger partial charge is 0.425 e. The molecule has 5 nitrogen and oxygen atoms in total. The van der Waals surface area contributed by atoms with Crippen LogP contribution in [0.15, 0.2) is 59.8 Å². The molecule has 0 bridgehead atoms. The van der Waals surface area contributed by atoms with Gasteiger partial charge in [0, 0.05) is 17.7 Å². The van der Waals surface area contributed by atoms with Crippen molar-refractivity contribution < 1.29 is 27.6 Å². The predicted octanol–water partition coefficient (Wildman–Crippen LogP) is 5.71. The Bertz CT molecular complexity index is 1240. The molecule has 178 valence electrons. The molecule has 0 saturated carbocycles. The highest BCUT2D eigenvalue weighted by molar-refractivity contribution is 6.42. The zero-order valence-corrected chi connectivity index (χ0v) is 19.6. The van der Waals surface area contributed by atoms with Crippen LogP contribution in [0, 0.1) is 5.41 Å². The maximum Gasteiger partial charge on any atom is 0.425 e. The number of amides is 2. The van der Waals surface area contributed by atoms with Gasteiger partial charge in [-0.15, -0.1) is 0 Å². The van der Waals surface area contributed by atoms with Crippen LogP contribution in [0.5, 0.6) is 0 Å². The van der Waals surface area contributed by atoms with Gasteiger partial charge in [-0.1, -0.05) is 55.2 Å². The first kappa shape index (κ1) is 24.3. The molecule has 0 unspecified atom stereocenters. The first-order chi connectivity index (χ1) is 15.8. The number of nitrogens with one attached hydrogen (secondary N) is 1. The third-order valence-corrected chi connectivity index (χ3v) is 6.68. The van der Waals surface area contributed by atoms with Crippen LogP contribution in [0.2, 0.25) is 10.0 Å². The Hall–Kier alpha value is -2.84. The normalized spacial score (nSPS) is 22.1. The van der Waals surface area contributed by atoms with Crippen LogP contribution in [0.3, 0.4) is 0 Å². The second kappa shape index (κ2) is 8.13. The summed E-state index contributed by atoms with van der Waals surface area (Å²) < 4.78 is 44.4. The minimum absolute atomic E-state index is 0.000897. The Morgan fingerprint density at radius 1 is 1.00 bits per heavy atom. The van der Waals surface area contributed by atoms with E-state index in [0.717, 1.165) is 4.90 Å². The Morgan fingerprint density at radius 3 is 2.24 bits per heavy atom. The maximum atomic E-state index is 14.8. The fraction of sp³-hybridized carbons (Fsp3) is 0.292. The number of halogens is 5. The number of ketones is 1. The number of hydrogen-bond acceptors (Lipinski definition) is 3. The topological polar surface area (TPSA) is 66.5 Å². The number of Topliss-reactive ketones (excluding diaryl/α,β-unsaturated/α-hetero) is 1. The molecule has 34 heavy (non-hydrogen) atoms. The van der Waals surface area contributed by atoms with Crippen molar-refractivity contribution in [3.05, 3.63) is 75.4 Å². The summed E-state index contributed by atoms with van der Waals surface area (Å²) in [5.41, 5.74) is -5.21. The highest BCUT2D eigenvalue weighted by Crippen LogP contribution is 2.53. The van der Waals surface area contributed by atoms with Gasteiger partial charge in [-0.2, -0.15) is 13.2 Å². The Labute approximate surface area is 203 Å². The fourth-order valence-corrected chi connectivity index (χ4v) is 4.77. The molecule has 0 fully saturated rings. The molecule has 0 saturated heterocycles. The minimum Gasteiger partial charge on any atom is -0.326 e. The SMILES string of the molecule is CC1(C)CC(=O)C2=C(C1)N(c1ccc(Cl)c(Cl)c1)C(=O)[C@@]2(NC(=O)c1ccccc1)C(F)(F)F. The molecule has 0 spiro atoms. The molecule has 1 N–H and O–H groups in total. The van der Waals surface area contributed by atoms with Crippen LogP contribution in [-0.2, 0) is 9.59 Å². The van der Waals surface area contributed by atoms with Crippen molar-refractivity contribution in [2.45, 2.75) is 38.4 Å². The van der Waals surface area contributed by atoms with Crippen LogP contribution in [0.1, 0.15) is 37.0 Å². The van der Waals surface area contributed by atoms with E-state index in [-0.39, 0.29) is 39.8 Å². The van der Waals surface area contributed by atoms with Crippen molar-refractivity contribution in [1.29, 1.82) is 0 Å². The molecular formula is C24H19Cl2F3N2O3. The summed E-state index contributed by atoms with van der Waals surface area (Å²) in [6.45, 7) is 3.45. The first-order valence-corrected chi connectivity index (χ1v) is 11.0. The van der Waals surface area contributed by atoms with Crippen molar-refractivity contribution in [2.75, 3.05) is 4.90 Å².